The largest absolute Gasteiger partial charge is 0.503 e. The number of ether oxygens (including phenoxy) is 1. The predicted octanol–water partition coefficient (Wildman–Crippen LogP) is 2.27. The van der Waals surface area contributed by atoms with Crippen LogP contribution in [-0.2, 0) is 11.3 Å². The average Bonchev–Trinajstić information content (AvgIpc) is 2.51. The van der Waals surface area contributed by atoms with E-state index in [-0.39, 0.29) is 11.7 Å². The highest BCUT2D eigenvalue weighted by molar-refractivity contribution is 9.10. The quantitative estimate of drug-likeness (QED) is 0.849. The molecule has 1 aromatic rings. The fourth-order valence-electron chi connectivity index (χ4n) is 2.45. The van der Waals surface area contributed by atoms with Crippen molar-refractivity contribution in [3.63, 3.8) is 0 Å². The smallest absolute Gasteiger partial charge is 0.236 e. The third-order valence-corrected chi connectivity index (χ3v) is 4.23. The second-order valence-corrected chi connectivity index (χ2v) is 6.03. The zero-order valence-electron chi connectivity index (χ0n) is 12.2. The van der Waals surface area contributed by atoms with Crippen molar-refractivity contribution in [2.45, 2.75) is 25.8 Å². The van der Waals surface area contributed by atoms with Crippen molar-refractivity contribution >= 4 is 21.8 Å². The maximum absolute atomic E-state index is 12.0. The van der Waals surface area contributed by atoms with Crippen LogP contribution in [0.3, 0.4) is 0 Å². The van der Waals surface area contributed by atoms with E-state index in [0.29, 0.717) is 23.3 Å². The number of phenols is 1. The first-order valence-electron chi connectivity index (χ1n) is 7.15. The van der Waals surface area contributed by atoms with Crippen molar-refractivity contribution in [2.24, 2.45) is 0 Å². The number of methoxy groups -OCH3 is 1. The van der Waals surface area contributed by atoms with Gasteiger partial charge in [0.2, 0.25) is 5.91 Å². The topological polar surface area (TPSA) is 61.8 Å². The Balaban J connectivity index is 1.85. The van der Waals surface area contributed by atoms with Crippen molar-refractivity contribution in [2.75, 3.05) is 26.7 Å². The van der Waals surface area contributed by atoms with E-state index in [1.54, 1.807) is 6.07 Å². The number of carbonyl (C=O) groups excluding carboxylic acids is 1. The summed E-state index contributed by atoms with van der Waals surface area (Å²) in [6, 6.07) is 3.58. The van der Waals surface area contributed by atoms with Crippen molar-refractivity contribution in [3.8, 4) is 11.5 Å². The van der Waals surface area contributed by atoms with E-state index in [2.05, 4.69) is 21.2 Å². The lowest BCUT2D eigenvalue weighted by Crippen LogP contribution is -2.40. The Morgan fingerprint density at radius 1 is 1.38 bits per heavy atom. The van der Waals surface area contributed by atoms with Gasteiger partial charge in [-0.25, -0.2) is 0 Å². The number of nitrogens with one attached hydrogen (secondary N) is 1. The molecule has 1 heterocycles. The van der Waals surface area contributed by atoms with E-state index in [9.17, 15) is 9.90 Å². The summed E-state index contributed by atoms with van der Waals surface area (Å²) in [5, 5.41) is 12.9. The maximum atomic E-state index is 12.0. The minimum absolute atomic E-state index is 0.0886. The fourth-order valence-corrected chi connectivity index (χ4v) is 2.94. The van der Waals surface area contributed by atoms with Crippen molar-refractivity contribution in [3.05, 3.63) is 22.2 Å². The van der Waals surface area contributed by atoms with E-state index in [1.165, 1.54) is 13.5 Å². The van der Waals surface area contributed by atoms with Gasteiger partial charge in [-0.3, -0.25) is 4.79 Å². The van der Waals surface area contributed by atoms with Crippen LogP contribution in [0.15, 0.2) is 16.6 Å². The minimum Gasteiger partial charge on any atom is -0.503 e. The minimum atomic E-state index is 0.0886. The van der Waals surface area contributed by atoms with Gasteiger partial charge in [-0.1, -0.05) is 0 Å². The molecule has 6 heteroatoms. The van der Waals surface area contributed by atoms with Gasteiger partial charge < -0.3 is 20.1 Å². The number of carbonyl (C=O) groups is 1. The molecule has 0 aromatic heterocycles. The van der Waals surface area contributed by atoms with Crippen LogP contribution in [0.4, 0.5) is 0 Å². The summed E-state index contributed by atoms with van der Waals surface area (Å²) in [5.74, 6) is 0.661. The normalized spacial score (nSPS) is 15.0. The summed E-state index contributed by atoms with van der Waals surface area (Å²) < 4.78 is 5.69. The van der Waals surface area contributed by atoms with Gasteiger partial charge in [0, 0.05) is 19.6 Å². The number of rotatable bonds is 5. The summed E-state index contributed by atoms with van der Waals surface area (Å²) in [6.45, 7) is 2.63. The molecule has 1 aliphatic heterocycles. The van der Waals surface area contributed by atoms with Gasteiger partial charge in [0.25, 0.3) is 0 Å². The Labute approximate surface area is 133 Å². The van der Waals surface area contributed by atoms with Gasteiger partial charge in [0.1, 0.15) is 0 Å². The van der Waals surface area contributed by atoms with Crippen LogP contribution in [0, 0.1) is 0 Å². The number of aromatic hydroxyl groups is 1. The van der Waals surface area contributed by atoms with Crippen LogP contribution in [0.2, 0.25) is 0 Å². The molecule has 0 spiro atoms. The number of likely N-dealkylation sites (tertiary alicyclic amines) is 1. The van der Waals surface area contributed by atoms with Crippen LogP contribution in [0.5, 0.6) is 11.5 Å². The molecule has 0 atom stereocenters. The van der Waals surface area contributed by atoms with Crippen LogP contribution < -0.4 is 10.1 Å². The first-order valence-corrected chi connectivity index (χ1v) is 7.95. The number of hydrogen-bond acceptors (Lipinski definition) is 4. The van der Waals surface area contributed by atoms with Crippen molar-refractivity contribution < 1.29 is 14.6 Å². The monoisotopic (exact) mass is 356 g/mol. The first-order chi connectivity index (χ1) is 10.1. The number of amides is 1. The molecular formula is C15H21BrN2O3. The third kappa shape index (κ3) is 4.35. The molecule has 1 aromatic carbocycles. The van der Waals surface area contributed by atoms with Gasteiger partial charge in [0.15, 0.2) is 11.5 Å². The lowest BCUT2D eigenvalue weighted by Gasteiger charge is -2.26. The number of halogens is 1. The molecule has 0 aliphatic carbocycles. The molecule has 0 bridgehead atoms. The Morgan fingerprint density at radius 2 is 2.10 bits per heavy atom. The second-order valence-electron chi connectivity index (χ2n) is 5.17. The zero-order chi connectivity index (χ0) is 15.2. The molecule has 1 fully saturated rings. The van der Waals surface area contributed by atoms with E-state index in [4.69, 9.17) is 4.74 Å². The van der Waals surface area contributed by atoms with Gasteiger partial charge in [-0.15, -0.1) is 0 Å². The van der Waals surface area contributed by atoms with Gasteiger partial charge >= 0.3 is 0 Å². The maximum Gasteiger partial charge on any atom is 0.236 e. The molecule has 1 aliphatic rings. The molecule has 0 unspecified atom stereocenters. The van der Waals surface area contributed by atoms with E-state index in [1.807, 2.05) is 11.0 Å². The Morgan fingerprint density at radius 3 is 2.76 bits per heavy atom. The van der Waals surface area contributed by atoms with Gasteiger partial charge in [-0.2, -0.15) is 0 Å². The second kappa shape index (κ2) is 7.66. The standard InChI is InChI=1S/C15H21BrN2O3/c1-21-13-8-11(7-12(16)15(13)20)9-17-10-14(19)18-5-3-2-4-6-18/h7-8,17,20H,2-6,9-10H2,1H3. The average molecular weight is 357 g/mol. The molecule has 21 heavy (non-hydrogen) atoms. The highest BCUT2D eigenvalue weighted by Gasteiger charge is 2.16. The first kappa shape index (κ1) is 16.1. The third-order valence-electron chi connectivity index (χ3n) is 3.62. The molecular weight excluding hydrogens is 336 g/mol. The van der Waals surface area contributed by atoms with Crippen LogP contribution in [0.25, 0.3) is 0 Å². The number of hydrogen-bond donors (Lipinski definition) is 2. The van der Waals surface area contributed by atoms with Crippen LogP contribution in [-0.4, -0.2) is 42.7 Å². The summed E-state index contributed by atoms with van der Waals surface area (Å²) in [7, 11) is 1.51. The molecule has 0 saturated carbocycles. The summed E-state index contributed by atoms with van der Waals surface area (Å²) in [6.07, 6.45) is 3.43. The lowest BCUT2D eigenvalue weighted by atomic mass is 10.1. The van der Waals surface area contributed by atoms with Crippen molar-refractivity contribution in [1.82, 2.24) is 10.2 Å². The molecule has 1 saturated heterocycles. The fraction of sp³-hybridized carbons (Fsp3) is 0.533. The Hall–Kier alpha value is -1.27. The van der Waals surface area contributed by atoms with E-state index in [0.717, 1.165) is 31.5 Å². The zero-order valence-corrected chi connectivity index (χ0v) is 13.8. The van der Waals surface area contributed by atoms with E-state index < -0.39 is 0 Å². The van der Waals surface area contributed by atoms with Gasteiger partial charge in [0.05, 0.1) is 18.1 Å². The summed E-state index contributed by atoms with van der Waals surface area (Å²) in [5.41, 5.74) is 0.947. The van der Waals surface area contributed by atoms with Crippen LogP contribution in [0.1, 0.15) is 24.8 Å². The molecule has 2 N–H and O–H groups in total. The Kier molecular flexibility index (Phi) is 5.87. The summed E-state index contributed by atoms with van der Waals surface area (Å²) >= 11 is 3.29. The summed E-state index contributed by atoms with van der Waals surface area (Å²) in [4.78, 5) is 13.9. The van der Waals surface area contributed by atoms with Crippen molar-refractivity contribution in [1.29, 1.82) is 0 Å². The Bertz CT molecular complexity index is 502. The number of nitrogens with zero attached hydrogens (tertiary/aromatic N) is 1. The molecule has 5 nitrogen and oxygen atoms in total. The number of benzene rings is 1. The molecule has 116 valence electrons. The predicted molar refractivity (Wildman–Crippen MR) is 84.5 cm³/mol. The number of piperidine rings is 1. The lowest BCUT2D eigenvalue weighted by molar-refractivity contribution is -0.131. The SMILES string of the molecule is COc1cc(CNCC(=O)N2CCCCC2)cc(Br)c1O. The molecule has 2 rings (SSSR count). The highest BCUT2D eigenvalue weighted by Crippen LogP contribution is 2.35. The van der Waals surface area contributed by atoms with E-state index >= 15 is 0 Å². The van der Waals surface area contributed by atoms with Crippen LogP contribution >= 0.6 is 15.9 Å². The number of phenolic OH excluding ortho intramolecular Hbond substituents is 1. The molecule has 1 amide bonds. The van der Waals surface area contributed by atoms with Gasteiger partial charge in [-0.05, 0) is 52.9 Å². The highest BCUT2D eigenvalue weighted by atomic mass is 79.9. The molecule has 0 radical (unpaired) electrons.